The molecule has 2 aromatic rings. The van der Waals surface area contributed by atoms with Gasteiger partial charge in [-0.1, -0.05) is 42.8 Å². The van der Waals surface area contributed by atoms with E-state index < -0.39 is 0 Å². The quantitative estimate of drug-likeness (QED) is 0.841. The van der Waals surface area contributed by atoms with E-state index in [-0.39, 0.29) is 0 Å². The molecule has 4 nitrogen and oxygen atoms in total. The molecule has 0 aliphatic heterocycles. The van der Waals surface area contributed by atoms with Crippen molar-refractivity contribution in [2.75, 3.05) is 6.54 Å². The first kappa shape index (κ1) is 14.7. The monoisotopic (exact) mass is 273 g/mol. The number of rotatable bonds is 7. The Bertz CT molecular complexity index is 519. The first-order valence-electron chi connectivity index (χ1n) is 7.30. The second-order valence-corrected chi connectivity index (χ2v) is 5.15. The Kier molecular flexibility index (Phi) is 5.30. The molecular formula is C16H23N3O. The Hall–Kier alpha value is -1.68. The van der Waals surface area contributed by atoms with Gasteiger partial charge in [0.2, 0.25) is 5.89 Å². The van der Waals surface area contributed by atoms with E-state index in [1.165, 1.54) is 17.5 Å². The molecule has 1 N–H and O–H groups in total. The summed E-state index contributed by atoms with van der Waals surface area (Å²) >= 11 is 0. The number of hydrogen-bond acceptors (Lipinski definition) is 4. The maximum Gasteiger partial charge on any atom is 0.227 e. The molecule has 1 unspecified atom stereocenters. The molecule has 1 heterocycles. The van der Waals surface area contributed by atoms with Gasteiger partial charge in [0.1, 0.15) is 0 Å². The van der Waals surface area contributed by atoms with Crippen molar-refractivity contribution in [1.82, 2.24) is 15.5 Å². The highest BCUT2D eigenvalue weighted by atomic mass is 16.5. The van der Waals surface area contributed by atoms with Crippen molar-refractivity contribution >= 4 is 0 Å². The lowest BCUT2D eigenvalue weighted by Crippen LogP contribution is -2.21. The second-order valence-electron chi connectivity index (χ2n) is 5.15. The summed E-state index contributed by atoms with van der Waals surface area (Å²) in [5.41, 5.74) is 2.72. The Balaban J connectivity index is 1.80. The molecule has 0 radical (unpaired) electrons. The van der Waals surface area contributed by atoms with E-state index in [0.717, 1.165) is 19.4 Å². The molecule has 1 aromatic heterocycles. The maximum absolute atomic E-state index is 5.09. The molecule has 108 valence electrons. The van der Waals surface area contributed by atoms with Crippen molar-refractivity contribution in [3.05, 3.63) is 47.1 Å². The minimum atomic E-state index is 0.328. The molecule has 0 aliphatic rings. The zero-order valence-corrected chi connectivity index (χ0v) is 12.5. The average molecular weight is 273 g/mol. The normalized spacial score (nSPS) is 12.6. The summed E-state index contributed by atoms with van der Waals surface area (Å²) in [6, 6.07) is 9.19. The first-order chi connectivity index (χ1) is 9.69. The van der Waals surface area contributed by atoms with Gasteiger partial charge in [-0.25, -0.2) is 0 Å². The van der Waals surface area contributed by atoms with Crippen LogP contribution in [0.5, 0.6) is 0 Å². The van der Waals surface area contributed by atoms with Crippen LogP contribution in [0.15, 0.2) is 28.8 Å². The fourth-order valence-corrected chi connectivity index (χ4v) is 2.22. The minimum Gasteiger partial charge on any atom is -0.339 e. The van der Waals surface area contributed by atoms with Gasteiger partial charge in [0.15, 0.2) is 5.82 Å². The number of nitrogens with zero attached hydrogens (tertiary/aromatic N) is 2. The van der Waals surface area contributed by atoms with Gasteiger partial charge < -0.3 is 9.84 Å². The highest BCUT2D eigenvalue weighted by molar-refractivity contribution is 5.24. The summed E-state index contributed by atoms with van der Waals surface area (Å²) in [5.74, 6) is 1.39. The van der Waals surface area contributed by atoms with Crippen molar-refractivity contribution in [1.29, 1.82) is 0 Å². The topological polar surface area (TPSA) is 51.0 Å². The smallest absolute Gasteiger partial charge is 0.227 e. The molecule has 4 heteroatoms. The Morgan fingerprint density at radius 3 is 2.55 bits per heavy atom. The fraction of sp³-hybridized carbons (Fsp3) is 0.500. The van der Waals surface area contributed by atoms with Crippen molar-refractivity contribution in [2.45, 2.75) is 46.1 Å². The van der Waals surface area contributed by atoms with Crippen LogP contribution in [0.4, 0.5) is 0 Å². The molecule has 0 spiro atoms. The van der Waals surface area contributed by atoms with Gasteiger partial charge in [0.25, 0.3) is 0 Å². The molecule has 0 fully saturated rings. The minimum absolute atomic E-state index is 0.328. The van der Waals surface area contributed by atoms with Crippen LogP contribution in [0, 0.1) is 6.92 Å². The lowest BCUT2D eigenvalue weighted by Gasteiger charge is -2.14. The van der Waals surface area contributed by atoms with E-state index in [2.05, 4.69) is 53.6 Å². The van der Waals surface area contributed by atoms with Crippen LogP contribution in [0.1, 0.15) is 49.2 Å². The summed E-state index contributed by atoms with van der Waals surface area (Å²) < 4.78 is 5.09. The zero-order chi connectivity index (χ0) is 14.4. The zero-order valence-electron chi connectivity index (χ0n) is 12.5. The van der Waals surface area contributed by atoms with Crippen LogP contribution in [0.25, 0.3) is 0 Å². The molecule has 0 amide bonds. The molecule has 0 bridgehead atoms. The van der Waals surface area contributed by atoms with Crippen LogP contribution < -0.4 is 5.32 Å². The summed E-state index contributed by atoms with van der Waals surface area (Å²) in [4.78, 5) is 4.19. The van der Waals surface area contributed by atoms with Crippen LogP contribution in [0.3, 0.4) is 0 Å². The fourth-order valence-electron chi connectivity index (χ4n) is 2.22. The Morgan fingerprint density at radius 1 is 1.20 bits per heavy atom. The van der Waals surface area contributed by atoms with Gasteiger partial charge in [0, 0.05) is 19.0 Å². The molecular weight excluding hydrogens is 250 g/mol. The van der Waals surface area contributed by atoms with Gasteiger partial charge in [-0.15, -0.1) is 0 Å². The molecule has 1 aromatic carbocycles. The summed E-state index contributed by atoms with van der Waals surface area (Å²) in [6.45, 7) is 7.05. The molecule has 2 rings (SSSR count). The average Bonchev–Trinajstić information content (AvgIpc) is 2.85. The molecule has 20 heavy (non-hydrogen) atoms. The summed E-state index contributed by atoms with van der Waals surface area (Å²) in [5, 5.41) is 7.27. The highest BCUT2D eigenvalue weighted by Gasteiger charge is 2.06. The SMILES string of the molecule is CCCc1ccc(C(C)NCCc2nc(C)no2)cc1. The van der Waals surface area contributed by atoms with E-state index in [4.69, 9.17) is 4.52 Å². The van der Waals surface area contributed by atoms with Gasteiger partial charge in [-0.2, -0.15) is 4.98 Å². The largest absolute Gasteiger partial charge is 0.339 e. The molecule has 0 saturated heterocycles. The Morgan fingerprint density at radius 2 is 1.95 bits per heavy atom. The lowest BCUT2D eigenvalue weighted by molar-refractivity contribution is 0.370. The van der Waals surface area contributed by atoms with E-state index >= 15 is 0 Å². The predicted molar refractivity (Wildman–Crippen MR) is 79.6 cm³/mol. The van der Waals surface area contributed by atoms with E-state index in [1.54, 1.807) is 0 Å². The number of benzene rings is 1. The van der Waals surface area contributed by atoms with Crippen molar-refractivity contribution in [3.63, 3.8) is 0 Å². The van der Waals surface area contributed by atoms with Crippen LogP contribution in [0.2, 0.25) is 0 Å². The lowest BCUT2D eigenvalue weighted by atomic mass is 10.0. The van der Waals surface area contributed by atoms with Crippen LogP contribution in [-0.2, 0) is 12.8 Å². The molecule has 0 aliphatic carbocycles. The number of aryl methyl sites for hydroxylation is 2. The van der Waals surface area contributed by atoms with Crippen molar-refractivity contribution < 1.29 is 4.52 Å². The Labute approximate surface area is 120 Å². The molecule has 0 saturated carbocycles. The second kappa shape index (κ2) is 7.20. The van der Waals surface area contributed by atoms with Crippen molar-refractivity contribution in [2.24, 2.45) is 0 Å². The van der Waals surface area contributed by atoms with Crippen molar-refractivity contribution in [3.8, 4) is 0 Å². The van der Waals surface area contributed by atoms with E-state index in [1.807, 2.05) is 6.92 Å². The van der Waals surface area contributed by atoms with E-state index in [9.17, 15) is 0 Å². The van der Waals surface area contributed by atoms with Gasteiger partial charge in [0.05, 0.1) is 0 Å². The number of nitrogens with one attached hydrogen (secondary N) is 1. The molecule has 1 atom stereocenters. The predicted octanol–water partition coefficient (Wildman–Crippen LogP) is 3.22. The van der Waals surface area contributed by atoms with Gasteiger partial charge >= 0.3 is 0 Å². The number of hydrogen-bond donors (Lipinski definition) is 1. The number of aromatic nitrogens is 2. The van der Waals surface area contributed by atoms with E-state index in [0.29, 0.717) is 17.8 Å². The third kappa shape index (κ3) is 4.17. The highest BCUT2D eigenvalue weighted by Crippen LogP contribution is 2.14. The van der Waals surface area contributed by atoms with Gasteiger partial charge in [-0.05, 0) is 31.4 Å². The summed E-state index contributed by atoms with van der Waals surface area (Å²) in [7, 11) is 0. The first-order valence-corrected chi connectivity index (χ1v) is 7.30. The summed E-state index contributed by atoms with van der Waals surface area (Å²) in [6.07, 6.45) is 3.11. The van der Waals surface area contributed by atoms with Crippen LogP contribution >= 0.6 is 0 Å². The maximum atomic E-state index is 5.09. The standard InChI is InChI=1S/C16H23N3O/c1-4-5-14-6-8-15(9-7-14)12(2)17-11-10-16-18-13(3)19-20-16/h6-9,12,17H,4-5,10-11H2,1-3H3. The third-order valence-electron chi connectivity index (χ3n) is 3.38. The van der Waals surface area contributed by atoms with Gasteiger partial charge in [-0.3, -0.25) is 0 Å². The van der Waals surface area contributed by atoms with Crippen LogP contribution in [-0.4, -0.2) is 16.7 Å². The third-order valence-corrected chi connectivity index (χ3v) is 3.38.